The van der Waals surface area contributed by atoms with Crippen molar-refractivity contribution in [3.63, 3.8) is 0 Å². The lowest BCUT2D eigenvalue weighted by Crippen LogP contribution is -2.03. The highest BCUT2D eigenvalue weighted by molar-refractivity contribution is 6.10. The maximum Gasteiger partial charge on any atom is 0.164 e. The summed E-state index contributed by atoms with van der Waals surface area (Å²) in [7, 11) is 0. The van der Waals surface area contributed by atoms with Crippen LogP contribution in [0.2, 0.25) is 0 Å². The van der Waals surface area contributed by atoms with Gasteiger partial charge >= 0.3 is 0 Å². The van der Waals surface area contributed by atoms with Gasteiger partial charge in [-0.2, -0.15) is 0 Å². The highest BCUT2D eigenvalue weighted by Crippen LogP contribution is 2.40. The number of benzene rings is 10. The van der Waals surface area contributed by atoms with Gasteiger partial charge in [-0.05, 0) is 82.4 Å². The fraction of sp³-hybridized carbons (Fsp3) is 0. The second-order valence-corrected chi connectivity index (χ2v) is 17.2. The van der Waals surface area contributed by atoms with Gasteiger partial charge in [0.2, 0.25) is 0 Å². The number of aromatic nitrogens is 5. The zero-order valence-electron chi connectivity index (χ0n) is 36.9. The van der Waals surface area contributed by atoms with Gasteiger partial charge in [-0.15, -0.1) is 0 Å². The van der Waals surface area contributed by atoms with Crippen LogP contribution in [0.3, 0.4) is 0 Å². The van der Waals surface area contributed by atoms with Gasteiger partial charge in [-0.25, -0.2) is 15.0 Å². The molecule has 0 aliphatic heterocycles. The van der Waals surface area contributed by atoms with Crippen LogP contribution in [0, 0.1) is 0 Å². The molecule has 0 radical (unpaired) electrons. The standard InChI is InChI=1S/C63H41N5/c1-3-18-42(19-4-1)44-22-15-23-45(38-44)46-24-16-25-47(39-46)51-37-36-49(41-60(51)68-58-34-13-9-30-54(58)55-31-10-14-35-59(55)68)63-65-61(43-20-5-2-6-21-43)64-62(66-63)48-26-17-27-50(40-48)67-56-32-11-7-28-52(56)53-29-8-12-33-57(53)67/h1-41H. The van der Waals surface area contributed by atoms with Gasteiger partial charge in [0, 0.05) is 49.5 Å². The lowest BCUT2D eigenvalue weighted by atomic mass is 9.95. The zero-order chi connectivity index (χ0) is 45.0. The highest BCUT2D eigenvalue weighted by atomic mass is 15.0. The summed E-state index contributed by atoms with van der Waals surface area (Å²) in [6.45, 7) is 0. The normalized spacial score (nSPS) is 11.5. The molecule has 0 bridgehead atoms. The summed E-state index contributed by atoms with van der Waals surface area (Å²) < 4.78 is 4.74. The summed E-state index contributed by atoms with van der Waals surface area (Å²) in [5.41, 5.74) is 16.2. The van der Waals surface area contributed by atoms with Crippen molar-refractivity contribution in [3.05, 3.63) is 249 Å². The third-order valence-electron chi connectivity index (χ3n) is 13.2. The molecule has 0 amide bonds. The summed E-state index contributed by atoms with van der Waals surface area (Å²) in [6.07, 6.45) is 0. The van der Waals surface area contributed by atoms with E-state index in [-0.39, 0.29) is 0 Å². The maximum atomic E-state index is 5.34. The van der Waals surface area contributed by atoms with E-state index in [4.69, 9.17) is 15.0 Å². The van der Waals surface area contributed by atoms with Crippen molar-refractivity contribution in [1.29, 1.82) is 0 Å². The third kappa shape index (κ3) is 6.76. The van der Waals surface area contributed by atoms with Crippen LogP contribution in [-0.2, 0) is 0 Å². The van der Waals surface area contributed by atoms with Crippen molar-refractivity contribution in [3.8, 4) is 78.9 Å². The van der Waals surface area contributed by atoms with Crippen LogP contribution in [0.15, 0.2) is 249 Å². The van der Waals surface area contributed by atoms with Gasteiger partial charge in [0.05, 0.1) is 27.8 Å². The Balaban J connectivity index is 1.00. The van der Waals surface area contributed by atoms with Crippen LogP contribution < -0.4 is 0 Å². The van der Waals surface area contributed by atoms with Crippen LogP contribution in [0.5, 0.6) is 0 Å². The van der Waals surface area contributed by atoms with E-state index in [1.165, 1.54) is 32.7 Å². The van der Waals surface area contributed by atoms with E-state index in [1.54, 1.807) is 0 Å². The molecule has 0 aliphatic carbocycles. The molecule has 0 unspecified atom stereocenters. The van der Waals surface area contributed by atoms with Gasteiger partial charge in [-0.1, -0.05) is 194 Å². The molecule has 0 N–H and O–H groups in total. The quantitative estimate of drug-likeness (QED) is 0.153. The Bertz CT molecular complexity index is 3930. The first-order chi connectivity index (χ1) is 33.7. The Morgan fingerprint density at radius 3 is 1.18 bits per heavy atom. The SMILES string of the molecule is c1ccc(-c2cccc(-c3cccc(-c4ccc(-c5nc(-c6ccccc6)nc(-c6cccc(-n7c8ccccc8c8ccccc87)c6)n5)cc4-n4c5ccccc5c5ccccc54)c3)c2)cc1. The highest BCUT2D eigenvalue weighted by Gasteiger charge is 2.20. The average molecular weight is 868 g/mol. The van der Waals surface area contributed by atoms with E-state index in [1.807, 2.05) is 18.2 Å². The van der Waals surface area contributed by atoms with E-state index in [9.17, 15) is 0 Å². The number of para-hydroxylation sites is 4. The molecule has 5 heteroatoms. The van der Waals surface area contributed by atoms with Crippen molar-refractivity contribution in [2.75, 3.05) is 0 Å². The third-order valence-corrected chi connectivity index (χ3v) is 13.2. The minimum atomic E-state index is 0.594. The van der Waals surface area contributed by atoms with Gasteiger partial charge in [0.1, 0.15) is 0 Å². The van der Waals surface area contributed by atoms with Crippen LogP contribution in [-0.4, -0.2) is 24.1 Å². The van der Waals surface area contributed by atoms with Crippen molar-refractivity contribution < 1.29 is 0 Å². The Morgan fingerprint density at radius 2 is 0.618 bits per heavy atom. The average Bonchev–Trinajstić information content (AvgIpc) is 3.94. The summed E-state index contributed by atoms with van der Waals surface area (Å²) in [5.74, 6) is 1.81. The topological polar surface area (TPSA) is 48.5 Å². The van der Waals surface area contributed by atoms with Gasteiger partial charge in [-0.3, -0.25) is 0 Å². The van der Waals surface area contributed by atoms with Crippen molar-refractivity contribution >= 4 is 43.6 Å². The van der Waals surface area contributed by atoms with Crippen LogP contribution in [0.4, 0.5) is 0 Å². The molecule has 0 spiro atoms. The predicted molar refractivity (Wildman–Crippen MR) is 281 cm³/mol. The van der Waals surface area contributed by atoms with Crippen molar-refractivity contribution in [1.82, 2.24) is 24.1 Å². The number of fused-ring (bicyclic) bond motifs is 6. The minimum absolute atomic E-state index is 0.594. The fourth-order valence-corrected chi connectivity index (χ4v) is 9.99. The molecule has 0 atom stereocenters. The Labute approximate surface area is 393 Å². The van der Waals surface area contributed by atoms with Crippen LogP contribution in [0.1, 0.15) is 0 Å². The molecule has 0 saturated carbocycles. The summed E-state index contributed by atoms with van der Waals surface area (Å²) in [4.78, 5) is 15.8. The Morgan fingerprint density at radius 1 is 0.235 bits per heavy atom. The summed E-state index contributed by atoms with van der Waals surface area (Å²) in [5, 5.41) is 4.83. The van der Waals surface area contributed by atoms with Gasteiger partial charge in [0.25, 0.3) is 0 Å². The number of hydrogen-bond acceptors (Lipinski definition) is 3. The first-order valence-corrected chi connectivity index (χ1v) is 23.0. The van der Waals surface area contributed by atoms with Crippen LogP contribution >= 0.6 is 0 Å². The molecule has 0 fully saturated rings. The Kier molecular flexibility index (Phi) is 9.43. The lowest BCUT2D eigenvalue weighted by molar-refractivity contribution is 1.07. The van der Waals surface area contributed by atoms with E-state index in [0.29, 0.717) is 17.5 Å². The summed E-state index contributed by atoms with van der Waals surface area (Å²) >= 11 is 0. The lowest BCUT2D eigenvalue weighted by Gasteiger charge is -2.17. The molecular formula is C63H41N5. The van der Waals surface area contributed by atoms with E-state index >= 15 is 0 Å². The van der Waals surface area contributed by atoms with E-state index in [2.05, 4.69) is 240 Å². The molecule has 3 heterocycles. The molecule has 0 saturated heterocycles. The molecule has 13 aromatic rings. The maximum absolute atomic E-state index is 5.34. The van der Waals surface area contributed by atoms with Crippen LogP contribution in [0.25, 0.3) is 123 Å². The zero-order valence-corrected chi connectivity index (χ0v) is 36.9. The molecule has 3 aromatic heterocycles. The monoisotopic (exact) mass is 867 g/mol. The second-order valence-electron chi connectivity index (χ2n) is 17.2. The fourth-order valence-electron chi connectivity index (χ4n) is 9.99. The Hall–Kier alpha value is -9.19. The number of nitrogens with zero attached hydrogens (tertiary/aromatic N) is 5. The van der Waals surface area contributed by atoms with Crippen molar-refractivity contribution in [2.24, 2.45) is 0 Å². The number of hydrogen-bond donors (Lipinski definition) is 0. The predicted octanol–water partition coefficient (Wildman–Crippen LogP) is 16.1. The smallest absolute Gasteiger partial charge is 0.164 e. The molecule has 10 aromatic carbocycles. The van der Waals surface area contributed by atoms with E-state index < -0.39 is 0 Å². The molecule has 5 nitrogen and oxygen atoms in total. The molecule has 0 aliphatic rings. The molecular weight excluding hydrogens is 827 g/mol. The molecule has 318 valence electrons. The first-order valence-electron chi connectivity index (χ1n) is 23.0. The largest absolute Gasteiger partial charge is 0.309 e. The molecule has 13 rings (SSSR count). The first kappa shape index (κ1) is 39.2. The molecule has 68 heavy (non-hydrogen) atoms. The van der Waals surface area contributed by atoms with Gasteiger partial charge in [0.15, 0.2) is 17.5 Å². The number of rotatable bonds is 8. The van der Waals surface area contributed by atoms with Gasteiger partial charge < -0.3 is 9.13 Å². The van der Waals surface area contributed by atoms with Crippen molar-refractivity contribution in [2.45, 2.75) is 0 Å². The van der Waals surface area contributed by atoms with E-state index in [0.717, 1.165) is 72.4 Å². The second kappa shape index (κ2) is 16.4. The summed E-state index contributed by atoms with van der Waals surface area (Å²) in [6, 6.07) is 88.3. The minimum Gasteiger partial charge on any atom is -0.309 e.